The van der Waals surface area contributed by atoms with Gasteiger partial charge in [-0.3, -0.25) is 10.1 Å². The quantitative estimate of drug-likeness (QED) is 0.402. The predicted octanol–water partition coefficient (Wildman–Crippen LogP) is 4.51. The number of aromatic nitrogens is 1. The zero-order valence-corrected chi connectivity index (χ0v) is 17.3. The maximum Gasteiger partial charge on any atom is 0.416 e. The van der Waals surface area contributed by atoms with Crippen LogP contribution < -0.4 is 14.4 Å². The molecule has 0 saturated heterocycles. The van der Waals surface area contributed by atoms with Gasteiger partial charge in [-0.1, -0.05) is 18.2 Å². The van der Waals surface area contributed by atoms with E-state index in [2.05, 4.69) is 4.98 Å². The molecular formula is C20H19N3O6S. The van der Waals surface area contributed by atoms with Crippen LogP contribution in [-0.4, -0.2) is 37.3 Å². The van der Waals surface area contributed by atoms with Crippen LogP contribution in [0, 0.1) is 10.1 Å². The summed E-state index contributed by atoms with van der Waals surface area (Å²) in [5.41, 5.74) is 1.87. The number of nitro benzene ring substituents is 1. The first-order chi connectivity index (χ1) is 14.5. The Morgan fingerprint density at radius 2 is 1.90 bits per heavy atom. The molecular weight excluding hydrogens is 410 g/mol. The van der Waals surface area contributed by atoms with Gasteiger partial charge in [-0.15, -0.1) is 11.3 Å². The number of methoxy groups -OCH3 is 3. The van der Waals surface area contributed by atoms with Gasteiger partial charge in [0.2, 0.25) is 0 Å². The Labute approximate surface area is 176 Å². The van der Waals surface area contributed by atoms with E-state index in [1.165, 1.54) is 42.6 Å². The van der Waals surface area contributed by atoms with Crippen molar-refractivity contribution in [3.05, 3.63) is 63.5 Å². The first-order valence-electron chi connectivity index (χ1n) is 8.73. The van der Waals surface area contributed by atoms with Gasteiger partial charge in [0.1, 0.15) is 0 Å². The normalized spacial score (nSPS) is 10.4. The summed E-state index contributed by atoms with van der Waals surface area (Å²) >= 11 is 1.24. The van der Waals surface area contributed by atoms with Crippen molar-refractivity contribution in [1.82, 2.24) is 4.98 Å². The number of anilines is 1. The number of hydrogen-bond acceptors (Lipinski definition) is 8. The second-order valence-corrected chi connectivity index (χ2v) is 6.90. The molecule has 9 nitrogen and oxygen atoms in total. The lowest BCUT2D eigenvalue weighted by molar-refractivity contribution is -0.384. The minimum Gasteiger partial charge on any atom is -0.493 e. The van der Waals surface area contributed by atoms with Crippen molar-refractivity contribution in [2.24, 2.45) is 0 Å². The number of nitro groups is 1. The number of non-ortho nitro benzene ring substituents is 1. The highest BCUT2D eigenvalue weighted by Gasteiger charge is 2.22. The SMILES string of the molecule is COC(=O)N(Cc1ccc(OC)c(OC)c1)c1nc(-c2cccc([N+](=O)[O-])c2)cs1. The summed E-state index contributed by atoms with van der Waals surface area (Å²) in [4.78, 5) is 28.8. The summed E-state index contributed by atoms with van der Waals surface area (Å²) in [6.45, 7) is 0.189. The zero-order chi connectivity index (χ0) is 21.7. The molecule has 2 aromatic carbocycles. The van der Waals surface area contributed by atoms with Crippen LogP contribution in [0.1, 0.15) is 5.56 Å². The van der Waals surface area contributed by atoms with Crippen molar-refractivity contribution in [2.45, 2.75) is 6.54 Å². The third-order valence-corrected chi connectivity index (χ3v) is 5.12. The number of ether oxygens (including phenoxy) is 3. The molecule has 0 saturated carbocycles. The zero-order valence-electron chi connectivity index (χ0n) is 16.5. The van der Waals surface area contributed by atoms with Crippen LogP contribution in [0.5, 0.6) is 11.5 Å². The fourth-order valence-corrected chi connectivity index (χ4v) is 3.60. The molecule has 156 valence electrons. The molecule has 30 heavy (non-hydrogen) atoms. The van der Waals surface area contributed by atoms with Crippen molar-refractivity contribution >= 4 is 28.2 Å². The fraction of sp³-hybridized carbons (Fsp3) is 0.200. The second kappa shape index (κ2) is 9.23. The van der Waals surface area contributed by atoms with E-state index >= 15 is 0 Å². The van der Waals surface area contributed by atoms with Gasteiger partial charge in [0.15, 0.2) is 16.6 Å². The smallest absolute Gasteiger partial charge is 0.416 e. The van der Waals surface area contributed by atoms with Gasteiger partial charge < -0.3 is 14.2 Å². The second-order valence-electron chi connectivity index (χ2n) is 6.07. The van der Waals surface area contributed by atoms with E-state index in [-0.39, 0.29) is 12.2 Å². The van der Waals surface area contributed by atoms with Gasteiger partial charge in [-0.05, 0) is 17.7 Å². The molecule has 0 aliphatic carbocycles. The number of amides is 1. The fourth-order valence-electron chi connectivity index (χ4n) is 2.78. The Morgan fingerprint density at radius 3 is 2.57 bits per heavy atom. The number of carbonyl (C=O) groups is 1. The van der Waals surface area contributed by atoms with Crippen LogP contribution in [0.2, 0.25) is 0 Å². The molecule has 0 unspecified atom stereocenters. The lowest BCUT2D eigenvalue weighted by atomic mass is 10.1. The van der Waals surface area contributed by atoms with Gasteiger partial charge in [-0.25, -0.2) is 14.7 Å². The molecule has 3 aromatic rings. The van der Waals surface area contributed by atoms with E-state index in [0.29, 0.717) is 27.9 Å². The van der Waals surface area contributed by atoms with Crippen molar-refractivity contribution in [1.29, 1.82) is 0 Å². The van der Waals surface area contributed by atoms with E-state index in [0.717, 1.165) is 5.56 Å². The standard InChI is InChI=1S/C20H19N3O6S/c1-27-17-8-7-13(9-18(17)28-2)11-22(20(24)29-3)19-21-16(12-30-19)14-5-4-6-15(10-14)23(25)26/h4-10,12H,11H2,1-3H3. The number of nitrogens with zero attached hydrogens (tertiary/aromatic N) is 3. The van der Waals surface area contributed by atoms with Crippen LogP contribution in [0.15, 0.2) is 47.8 Å². The highest BCUT2D eigenvalue weighted by molar-refractivity contribution is 7.14. The summed E-state index contributed by atoms with van der Waals surface area (Å²) in [5.74, 6) is 1.12. The Morgan fingerprint density at radius 1 is 1.13 bits per heavy atom. The molecule has 1 aromatic heterocycles. The van der Waals surface area contributed by atoms with E-state index in [1.807, 2.05) is 6.07 Å². The topological polar surface area (TPSA) is 104 Å². The van der Waals surface area contributed by atoms with Crippen molar-refractivity contribution in [3.63, 3.8) is 0 Å². The van der Waals surface area contributed by atoms with Crippen LogP contribution >= 0.6 is 11.3 Å². The van der Waals surface area contributed by atoms with E-state index in [9.17, 15) is 14.9 Å². The largest absolute Gasteiger partial charge is 0.493 e. The summed E-state index contributed by atoms with van der Waals surface area (Å²) in [6, 6.07) is 11.5. The van der Waals surface area contributed by atoms with Crippen molar-refractivity contribution < 1.29 is 23.9 Å². The Bertz CT molecular complexity index is 1070. The molecule has 0 atom stereocenters. The number of thiazole rings is 1. The molecule has 0 fully saturated rings. The summed E-state index contributed by atoms with van der Waals surface area (Å²) in [7, 11) is 4.37. The van der Waals surface area contributed by atoms with Crippen LogP contribution in [-0.2, 0) is 11.3 Å². The molecule has 0 aliphatic rings. The monoisotopic (exact) mass is 429 g/mol. The van der Waals surface area contributed by atoms with Gasteiger partial charge in [-0.2, -0.15) is 0 Å². The molecule has 3 rings (SSSR count). The lowest BCUT2D eigenvalue weighted by Gasteiger charge is -2.19. The van der Waals surface area contributed by atoms with Gasteiger partial charge in [0, 0.05) is 23.1 Å². The third kappa shape index (κ3) is 4.49. The number of carbonyl (C=O) groups excluding carboxylic acids is 1. The number of rotatable bonds is 7. The van der Waals surface area contributed by atoms with Crippen molar-refractivity contribution in [3.8, 4) is 22.8 Å². The summed E-state index contributed by atoms with van der Waals surface area (Å²) in [5, 5.41) is 13.2. The average Bonchev–Trinajstić information content (AvgIpc) is 3.26. The van der Waals surface area contributed by atoms with E-state index in [1.54, 1.807) is 36.8 Å². The molecule has 10 heteroatoms. The minimum absolute atomic E-state index is 0.0304. The maximum atomic E-state index is 12.4. The third-order valence-electron chi connectivity index (χ3n) is 4.26. The minimum atomic E-state index is -0.579. The Kier molecular flexibility index (Phi) is 6.48. The Balaban J connectivity index is 1.91. The summed E-state index contributed by atoms with van der Waals surface area (Å²) in [6.07, 6.45) is -0.579. The highest BCUT2D eigenvalue weighted by atomic mass is 32.1. The molecule has 1 amide bonds. The first kappa shape index (κ1) is 21.1. The molecule has 0 aliphatic heterocycles. The van der Waals surface area contributed by atoms with Gasteiger partial charge >= 0.3 is 6.09 Å². The van der Waals surface area contributed by atoms with Crippen LogP contribution in [0.4, 0.5) is 15.6 Å². The lowest BCUT2D eigenvalue weighted by Crippen LogP contribution is -2.30. The van der Waals surface area contributed by atoms with Gasteiger partial charge in [0.05, 0.1) is 38.5 Å². The number of hydrogen-bond donors (Lipinski definition) is 0. The summed E-state index contributed by atoms with van der Waals surface area (Å²) < 4.78 is 15.5. The molecule has 0 radical (unpaired) electrons. The number of benzene rings is 2. The first-order valence-corrected chi connectivity index (χ1v) is 9.61. The Hall–Kier alpha value is -3.66. The van der Waals surface area contributed by atoms with E-state index in [4.69, 9.17) is 14.2 Å². The predicted molar refractivity (Wildman–Crippen MR) is 112 cm³/mol. The molecule has 0 bridgehead atoms. The maximum absolute atomic E-state index is 12.4. The molecule has 0 N–H and O–H groups in total. The average molecular weight is 429 g/mol. The van der Waals surface area contributed by atoms with Crippen LogP contribution in [0.25, 0.3) is 11.3 Å². The highest BCUT2D eigenvalue weighted by Crippen LogP contribution is 2.32. The van der Waals surface area contributed by atoms with E-state index < -0.39 is 11.0 Å². The van der Waals surface area contributed by atoms with Gasteiger partial charge in [0.25, 0.3) is 5.69 Å². The molecule has 0 spiro atoms. The van der Waals surface area contributed by atoms with Crippen LogP contribution in [0.3, 0.4) is 0 Å². The van der Waals surface area contributed by atoms with Crippen molar-refractivity contribution in [2.75, 3.05) is 26.2 Å². The molecule has 1 heterocycles.